The fourth-order valence-electron chi connectivity index (χ4n) is 5.02. The molecule has 1 atom stereocenters. The molecule has 0 rings (SSSR count). The van der Waals surface area contributed by atoms with Crippen LogP contribution >= 0.6 is 0 Å². The Labute approximate surface area is 226 Å². The summed E-state index contributed by atoms with van der Waals surface area (Å²) >= 11 is 0. The third kappa shape index (κ3) is 26.2. The summed E-state index contributed by atoms with van der Waals surface area (Å²) in [6, 6.07) is 0. The van der Waals surface area contributed by atoms with E-state index in [4.69, 9.17) is 0 Å². The minimum absolute atomic E-state index is 0.130. The highest BCUT2D eigenvalue weighted by Crippen LogP contribution is 2.17. The van der Waals surface area contributed by atoms with Gasteiger partial charge < -0.3 is 0 Å². The summed E-state index contributed by atoms with van der Waals surface area (Å²) in [7, 11) is 0. The first kappa shape index (κ1) is 35.1. The maximum Gasteiger partial charge on any atom is 0.209 e. The summed E-state index contributed by atoms with van der Waals surface area (Å²) in [5, 5.41) is 0. The van der Waals surface area contributed by atoms with E-state index in [0.717, 1.165) is 25.7 Å². The van der Waals surface area contributed by atoms with Gasteiger partial charge in [0.15, 0.2) is 0 Å². The van der Waals surface area contributed by atoms with Crippen molar-refractivity contribution in [1.82, 2.24) is 0 Å². The monoisotopic (exact) mass is 503 g/mol. The summed E-state index contributed by atoms with van der Waals surface area (Å²) in [5.74, 6) is -0.337. The zero-order chi connectivity index (χ0) is 26.4. The summed E-state index contributed by atoms with van der Waals surface area (Å²) in [4.78, 5) is 23.7. The van der Waals surface area contributed by atoms with E-state index >= 15 is 0 Å². The molecule has 0 aliphatic heterocycles. The van der Waals surface area contributed by atoms with Crippen LogP contribution in [0.25, 0.3) is 0 Å². The molecule has 0 aliphatic carbocycles. The molecule has 0 aromatic rings. The second-order valence-electron chi connectivity index (χ2n) is 11.1. The highest BCUT2D eigenvalue weighted by atomic mass is 16.1. The van der Waals surface area contributed by atoms with Crippen LogP contribution in [-0.2, 0) is 9.59 Å². The van der Waals surface area contributed by atoms with E-state index in [1.807, 2.05) is 6.29 Å². The Balaban J connectivity index is 3.47. The van der Waals surface area contributed by atoms with Crippen molar-refractivity contribution >= 4 is 12.1 Å². The number of carbonyl (C=O) groups excluding carboxylic acids is 2. The quantitative estimate of drug-likeness (QED) is 0.0554. The molecule has 2 heteroatoms. The molecule has 36 heavy (non-hydrogen) atoms. The van der Waals surface area contributed by atoms with Crippen LogP contribution in [0.2, 0.25) is 0 Å². The summed E-state index contributed by atoms with van der Waals surface area (Å²) in [6.07, 6.45) is 40.1. The second-order valence-corrected chi connectivity index (χ2v) is 11.1. The number of rotatable bonds is 30. The van der Waals surface area contributed by atoms with Gasteiger partial charge in [0, 0.05) is 6.42 Å². The molecule has 0 saturated carbocycles. The van der Waals surface area contributed by atoms with E-state index in [2.05, 4.69) is 26.0 Å². The first-order valence-corrected chi connectivity index (χ1v) is 16.3. The number of allylic oxidation sites excluding steroid dienone is 2. The van der Waals surface area contributed by atoms with E-state index in [1.54, 1.807) is 0 Å². The zero-order valence-corrected chi connectivity index (χ0v) is 24.6. The molecule has 0 aromatic carbocycles. The summed E-state index contributed by atoms with van der Waals surface area (Å²) < 4.78 is 0. The molecule has 0 N–H and O–H groups in total. The fourth-order valence-corrected chi connectivity index (χ4v) is 5.02. The van der Waals surface area contributed by atoms with Gasteiger partial charge in [-0.2, -0.15) is 0 Å². The van der Waals surface area contributed by atoms with Crippen molar-refractivity contribution in [2.45, 2.75) is 187 Å². The van der Waals surface area contributed by atoms with Gasteiger partial charge in [0.1, 0.15) is 5.78 Å². The van der Waals surface area contributed by atoms with Crippen molar-refractivity contribution in [3.8, 4) is 0 Å². The lowest BCUT2D eigenvalue weighted by Crippen LogP contribution is -2.15. The van der Waals surface area contributed by atoms with Crippen LogP contribution in [0, 0.1) is 5.92 Å². The molecule has 0 bridgehead atoms. The highest BCUT2D eigenvalue weighted by Gasteiger charge is 2.17. The minimum Gasteiger partial charge on any atom is -0.299 e. The number of hydrogen-bond donors (Lipinski definition) is 0. The van der Waals surface area contributed by atoms with Crippen LogP contribution in [0.15, 0.2) is 12.2 Å². The number of hydrogen-bond acceptors (Lipinski definition) is 2. The molecular weight excluding hydrogens is 440 g/mol. The first-order chi connectivity index (χ1) is 17.8. The second kappa shape index (κ2) is 30.3. The van der Waals surface area contributed by atoms with Crippen molar-refractivity contribution < 1.29 is 9.59 Å². The van der Waals surface area contributed by atoms with Gasteiger partial charge in [0.2, 0.25) is 6.29 Å². The molecule has 0 fully saturated rings. The molecule has 0 amide bonds. The largest absolute Gasteiger partial charge is 0.299 e. The van der Waals surface area contributed by atoms with E-state index < -0.39 is 5.92 Å². The van der Waals surface area contributed by atoms with Gasteiger partial charge in [0.05, 0.1) is 5.92 Å². The molecular formula is C34H63O2. The lowest BCUT2D eigenvalue weighted by Gasteiger charge is -2.09. The normalized spacial score (nSPS) is 12.4. The highest BCUT2D eigenvalue weighted by molar-refractivity contribution is 5.93. The first-order valence-electron chi connectivity index (χ1n) is 16.3. The van der Waals surface area contributed by atoms with Crippen LogP contribution in [0.3, 0.4) is 0 Å². The third-order valence-electron chi connectivity index (χ3n) is 7.56. The Bertz CT molecular complexity index is 482. The molecule has 0 aromatic heterocycles. The summed E-state index contributed by atoms with van der Waals surface area (Å²) in [5.41, 5.74) is 0. The van der Waals surface area contributed by atoms with E-state index in [9.17, 15) is 9.59 Å². The van der Waals surface area contributed by atoms with E-state index in [0.29, 0.717) is 12.8 Å². The molecule has 0 heterocycles. The van der Waals surface area contributed by atoms with Crippen LogP contribution in [0.1, 0.15) is 187 Å². The van der Waals surface area contributed by atoms with Crippen LogP contribution in [-0.4, -0.2) is 12.1 Å². The predicted octanol–water partition coefficient (Wildman–Crippen LogP) is 11.4. The van der Waals surface area contributed by atoms with Crippen molar-refractivity contribution in [2.24, 2.45) is 5.92 Å². The van der Waals surface area contributed by atoms with Gasteiger partial charge in [-0.05, 0) is 38.5 Å². The lowest BCUT2D eigenvalue weighted by atomic mass is 9.94. The molecule has 2 nitrogen and oxygen atoms in total. The Morgan fingerprint density at radius 1 is 0.528 bits per heavy atom. The Morgan fingerprint density at radius 3 is 1.31 bits per heavy atom. The predicted molar refractivity (Wildman–Crippen MR) is 159 cm³/mol. The number of Topliss-reactive ketones (excluding diaryl/α,β-unsaturated/α-hetero) is 1. The van der Waals surface area contributed by atoms with Gasteiger partial charge in [-0.25, -0.2) is 0 Å². The van der Waals surface area contributed by atoms with E-state index in [1.165, 1.54) is 135 Å². The standard InChI is InChI=1S/C34H63O2/c1-3-5-7-9-11-13-15-17-18-19-21-23-25-27-29-31-34(36)33(32-35)30-28-26-24-22-20-16-14-12-10-8-6-4-2/h17-18,33H,3-16,19-31H2,1-2H3/b18-17-/t33-/m0/s1. The molecule has 0 unspecified atom stereocenters. The zero-order valence-electron chi connectivity index (χ0n) is 24.6. The van der Waals surface area contributed by atoms with Crippen molar-refractivity contribution in [2.75, 3.05) is 0 Å². The number of carbonyl (C=O) groups is 1. The van der Waals surface area contributed by atoms with Crippen LogP contribution in [0.4, 0.5) is 0 Å². The van der Waals surface area contributed by atoms with Gasteiger partial charge in [-0.15, -0.1) is 0 Å². The van der Waals surface area contributed by atoms with Gasteiger partial charge in [0.25, 0.3) is 0 Å². The minimum atomic E-state index is -0.468. The molecule has 0 saturated heterocycles. The van der Waals surface area contributed by atoms with Gasteiger partial charge in [-0.3, -0.25) is 9.59 Å². The van der Waals surface area contributed by atoms with Crippen molar-refractivity contribution in [3.63, 3.8) is 0 Å². The Morgan fingerprint density at radius 2 is 0.889 bits per heavy atom. The Hall–Kier alpha value is -0.920. The molecule has 0 spiro atoms. The fraction of sp³-hybridized carbons (Fsp3) is 0.882. The van der Waals surface area contributed by atoms with Crippen LogP contribution in [0.5, 0.6) is 0 Å². The van der Waals surface area contributed by atoms with Crippen LogP contribution < -0.4 is 0 Å². The topological polar surface area (TPSA) is 34.1 Å². The summed E-state index contributed by atoms with van der Waals surface area (Å²) in [6.45, 7) is 4.54. The smallest absolute Gasteiger partial charge is 0.209 e. The molecule has 1 radical (unpaired) electrons. The van der Waals surface area contributed by atoms with Gasteiger partial charge in [-0.1, -0.05) is 154 Å². The number of ketones is 1. The van der Waals surface area contributed by atoms with Crippen molar-refractivity contribution in [3.05, 3.63) is 12.2 Å². The van der Waals surface area contributed by atoms with E-state index in [-0.39, 0.29) is 5.78 Å². The van der Waals surface area contributed by atoms with Crippen molar-refractivity contribution in [1.29, 1.82) is 0 Å². The molecule has 0 aliphatic rings. The maximum atomic E-state index is 12.4. The SMILES string of the molecule is CCCCCCCC/C=C\CCCCCCCC(=O)[C@H]([C]=O)CCCCCCCCCCCCCC. The molecule has 211 valence electrons. The lowest BCUT2D eigenvalue weighted by molar-refractivity contribution is -0.121. The van der Waals surface area contributed by atoms with Gasteiger partial charge >= 0.3 is 0 Å². The average Bonchev–Trinajstić information content (AvgIpc) is 2.89. The maximum absolute atomic E-state index is 12.4. The third-order valence-corrected chi connectivity index (χ3v) is 7.56. The average molecular weight is 504 g/mol. The number of unbranched alkanes of at least 4 members (excludes halogenated alkanes) is 22. The Kier molecular flexibility index (Phi) is 29.5.